The van der Waals surface area contributed by atoms with E-state index >= 15 is 4.39 Å². The Balaban J connectivity index is 1.68. The average molecular weight is 459 g/mol. The second-order valence-corrected chi connectivity index (χ2v) is 8.32. The number of amides is 2. The summed E-state index contributed by atoms with van der Waals surface area (Å²) < 4.78 is 20.4. The lowest BCUT2D eigenvalue weighted by Gasteiger charge is -2.34. The molecule has 4 N–H and O–H groups in total. The Labute approximate surface area is 184 Å². The first-order chi connectivity index (χ1) is 14.8. The summed E-state index contributed by atoms with van der Waals surface area (Å²) in [7, 11) is 0. The molecule has 2 heterocycles. The van der Waals surface area contributed by atoms with Gasteiger partial charge in [0.15, 0.2) is 11.6 Å². The van der Waals surface area contributed by atoms with Gasteiger partial charge in [0.05, 0.1) is 25.2 Å². The van der Waals surface area contributed by atoms with Crippen molar-refractivity contribution in [1.29, 1.82) is 0 Å². The zero-order valence-corrected chi connectivity index (χ0v) is 18.1. The normalized spacial score (nSPS) is 20.4. The van der Waals surface area contributed by atoms with Crippen LogP contribution >= 0.6 is 11.6 Å². The molecule has 31 heavy (non-hydrogen) atoms. The third kappa shape index (κ3) is 6.30. The van der Waals surface area contributed by atoms with Crippen LogP contribution in [0.25, 0.3) is 0 Å². The number of morpholine rings is 1. The standard InChI is InChI=1S/C19H28ClFN6O4/c1-11-10-31-7-6-27(11)16-14(21)15(23-18(20)24-16)25-26-17(28)13(9-22-19(29)30)8-12-4-2-3-5-12/h11-13,22H,2-10H2,1H3,(H,26,28)(H,29,30)(H,23,24,25)/t11-,13-/m1/s1. The highest BCUT2D eigenvalue weighted by atomic mass is 35.5. The van der Waals surface area contributed by atoms with Gasteiger partial charge in [-0.1, -0.05) is 25.7 Å². The molecule has 1 aromatic heterocycles. The molecule has 1 saturated carbocycles. The smallest absolute Gasteiger partial charge is 0.404 e. The first-order valence-corrected chi connectivity index (χ1v) is 10.8. The van der Waals surface area contributed by atoms with E-state index in [1.54, 1.807) is 4.90 Å². The van der Waals surface area contributed by atoms with E-state index in [2.05, 4.69) is 26.1 Å². The summed E-state index contributed by atoms with van der Waals surface area (Å²) in [5.74, 6) is -1.64. The second kappa shape index (κ2) is 10.8. The number of aromatic nitrogens is 2. The highest BCUT2D eigenvalue weighted by Crippen LogP contribution is 2.30. The van der Waals surface area contributed by atoms with Crippen LogP contribution in [0.4, 0.5) is 20.8 Å². The predicted molar refractivity (Wildman–Crippen MR) is 112 cm³/mol. The largest absolute Gasteiger partial charge is 0.465 e. The minimum atomic E-state index is -1.20. The van der Waals surface area contributed by atoms with Crippen molar-refractivity contribution in [3.05, 3.63) is 11.1 Å². The van der Waals surface area contributed by atoms with Gasteiger partial charge in [0.2, 0.25) is 17.0 Å². The van der Waals surface area contributed by atoms with Crippen LogP contribution in [-0.2, 0) is 9.53 Å². The number of carbonyl (C=O) groups is 2. The van der Waals surface area contributed by atoms with Gasteiger partial charge in [-0.05, 0) is 30.9 Å². The molecule has 0 bridgehead atoms. The Morgan fingerprint density at radius 3 is 2.77 bits per heavy atom. The minimum Gasteiger partial charge on any atom is -0.465 e. The van der Waals surface area contributed by atoms with Crippen molar-refractivity contribution < 1.29 is 23.8 Å². The number of carboxylic acid groups (broad SMARTS) is 1. The molecule has 1 aliphatic heterocycles. The van der Waals surface area contributed by atoms with Gasteiger partial charge >= 0.3 is 6.09 Å². The lowest BCUT2D eigenvalue weighted by Crippen LogP contribution is -2.45. The number of rotatable bonds is 8. The number of hydrazine groups is 1. The number of hydrogen-bond donors (Lipinski definition) is 4. The summed E-state index contributed by atoms with van der Waals surface area (Å²) in [5, 5.41) is 11.0. The molecular weight excluding hydrogens is 431 g/mol. The van der Waals surface area contributed by atoms with Crippen LogP contribution in [0, 0.1) is 17.7 Å². The number of carbonyl (C=O) groups excluding carboxylic acids is 1. The van der Waals surface area contributed by atoms with Gasteiger partial charge in [-0.3, -0.25) is 15.6 Å². The third-order valence-electron chi connectivity index (χ3n) is 5.71. The molecule has 0 unspecified atom stereocenters. The van der Waals surface area contributed by atoms with Crippen LogP contribution in [0.15, 0.2) is 0 Å². The molecule has 2 atom stereocenters. The zero-order chi connectivity index (χ0) is 22.4. The molecule has 0 spiro atoms. The van der Waals surface area contributed by atoms with E-state index in [9.17, 15) is 9.59 Å². The van der Waals surface area contributed by atoms with Gasteiger partial charge in [-0.2, -0.15) is 14.4 Å². The Bertz CT molecular complexity index is 795. The van der Waals surface area contributed by atoms with Crippen LogP contribution in [0.2, 0.25) is 5.28 Å². The molecule has 3 rings (SSSR count). The van der Waals surface area contributed by atoms with Crippen molar-refractivity contribution in [2.75, 3.05) is 36.6 Å². The van der Waals surface area contributed by atoms with Crippen LogP contribution in [0.3, 0.4) is 0 Å². The topological polar surface area (TPSA) is 129 Å². The van der Waals surface area contributed by atoms with Gasteiger partial charge < -0.3 is 20.1 Å². The van der Waals surface area contributed by atoms with Crippen LogP contribution < -0.4 is 21.1 Å². The molecule has 12 heteroatoms. The molecule has 2 fully saturated rings. The van der Waals surface area contributed by atoms with Crippen molar-refractivity contribution in [3.8, 4) is 0 Å². The fourth-order valence-electron chi connectivity index (χ4n) is 4.09. The van der Waals surface area contributed by atoms with Gasteiger partial charge in [0.25, 0.3) is 0 Å². The van der Waals surface area contributed by atoms with Crippen molar-refractivity contribution in [3.63, 3.8) is 0 Å². The zero-order valence-electron chi connectivity index (χ0n) is 17.4. The lowest BCUT2D eigenvalue weighted by molar-refractivity contribution is -0.124. The molecule has 2 aliphatic rings. The highest BCUT2D eigenvalue weighted by Gasteiger charge is 2.28. The summed E-state index contributed by atoms with van der Waals surface area (Å²) in [6.07, 6.45) is 3.60. The molecule has 0 radical (unpaired) electrons. The number of halogens is 2. The van der Waals surface area contributed by atoms with Crippen molar-refractivity contribution in [1.82, 2.24) is 20.7 Å². The maximum Gasteiger partial charge on any atom is 0.404 e. The molecule has 1 aliphatic carbocycles. The van der Waals surface area contributed by atoms with E-state index < -0.39 is 23.7 Å². The third-order valence-corrected chi connectivity index (χ3v) is 5.88. The SMILES string of the molecule is C[C@@H]1COCCN1c1nc(Cl)nc(NNC(=O)[C@@H](CNC(=O)O)CC2CCCC2)c1F. The Morgan fingerprint density at radius 2 is 2.10 bits per heavy atom. The van der Waals surface area contributed by atoms with Gasteiger partial charge in [0.1, 0.15) is 0 Å². The van der Waals surface area contributed by atoms with E-state index in [0.29, 0.717) is 32.1 Å². The van der Waals surface area contributed by atoms with E-state index in [-0.39, 0.29) is 29.5 Å². The Hall–Kier alpha value is -2.40. The molecule has 0 aromatic carbocycles. The van der Waals surface area contributed by atoms with E-state index in [0.717, 1.165) is 25.7 Å². The Kier molecular flexibility index (Phi) is 8.08. The fraction of sp³-hybridized carbons (Fsp3) is 0.684. The van der Waals surface area contributed by atoms with E-state index in [1.807, 2.05) is 6.92 Å². The molecule has 1 saturated heterocycles. The summed E-state index contributed by atoms with van der Waals surface area (Å²) in [6, 6.07) is -0.102. The van der Waals surface area contributed by atoms with Gasteiger partial charge in [-0.15, -0.1) is 0 Å². The first kappa shape index (κ1) is 23.3. The Morgan fingerprint density at radius 1 is 1.35 bits per heavy atom. The summed E-state index contributed by atoms with van der Waals surface area (Å²) in [5.41, 5.74) is 4.95. The van der Waals surface area contributed by atoms with Gasteiger partial charge in [-0.25, -0.2) is 4.79 Å². The summed E-state index contributed by atoms with van der Waals surface area (Å²) in [4.78, 5) is 33.2. The lowest BCUT2D eigenvalue weighted by atomic mass is 9.92. The summed E-state index contributed by atoms with van der Waals surface area (Å²) >= 11 is 5.99. The average Bonchev–Trinajstić information content (AvgIpc) is 3.25. The first-order valence-electron chi connectivity index (χ1n) is 10.4. The van der Waals surface area contributed by atoms with Crippen molar-refractivity contribution >= 4 is 35.2 Å². The maximum absolute atomic E-state index is 15.1. The number of ether oxygens (including phenoxy) is 1. The van der Waals surface area contributed by atoms with Crippen LogP contribution in [0.5, 0.6) is 0 Å². The van der Waals surface area contributed by atoms with Crippen molar-refractivity contribution in [2.45, 2.75) is 45.1 Å². The molecule has 2 amide bonds. The molecule has 172 valence electrons. The van der Waals surface area contributed by atoms with Crippen LogP contribution in [0.1, 0.15) is 39.0 Å². The molecule has 10 nitrogen and oxygen atoms in total. The maximum atomic E-state index is 15.1. The van der Waals surface area contributed by atoms with Gasteiger partial charge in [0, 0.05) is 13.1 Å². The fourth-order valence-corrected chi connectivity index (χ4v) is 4.25. The number of anilines is 2. The van der Waals surface area contributed by atoms with E-state index in [1.165, 1.54) is 0 Å². The number of nitrogens with one attached hydrogen (secondary N) is 3. The number of hydrogen-bond acceptors (Lipinski definition) is 7. The molecular formula is C19H28ClFN6O4. The van der Waals surface area contributed by atoms with Crippen molar-refractivity contribution in [2.24, 2.45) is 11.8 Å². The predicted octanol–water partition coefficient (Wildman–Crippen LogP) is 2.40. The van der Waals surface area contributed by atoms with Crippen LogP contribution in [-0.4, -0.2) is 59.4 Å². The quantitative estimate of drug-likeness (QED) is 0.345. The second-order valence-electron chi connectivity index (χ2n) is 7.98. The minimum absolute atomic E-state index is 0.0249. The molecule has 1 aromatic rings. The van der Waals surface area contributed by atoms with E-state index in [4.69, 9.17) is 21.4 Å². The summed E-state index contributed by atoms with van der Waals surface area (Å²) in [6.45, 7) is 3.17. The number of nitrogens with zero attached hydrogens (tertiary/aromatic N) is 3. The highest BCUT2D eigenvalue weighted by molar-refractivity contribution is 6.28. The monoisotopic (exact) mass is 458 g/mol.